The molecule has 15 heavy (non-hydrogen) atoms. The minimum atomic E-state index is 0.0449. The third-order valence-electron chi connectivity index (χ3n) is 3.51. The fraction of sp³-hybridized carbons (Fsp3) is 0.909. The van der Waals surface area contributed by atoms with Crippen LogP contribution in [0, 0.1) is 0 Å². The summed E-state index contributed by atoms with van der Waals surface area (Å²) in [5.74, 6) is 0. The van der Waals surface area contributed by atoms with Crippen molar-refractivity contribution in [2.45, 2.75) is 37.9 Å². The van der Waals surface area contributed by atoms with Crippen molar-refractivity contribution < 1.29 is 9.57 Å². The number of likely N-dealkylation sites (tertiary alicyclic amines) is 1. The van der Waals surface area contributed by atoms with Crippen LogP contribution in [0.1, 0.15) is 26.2 Å². The van der Waals surface area contributed by atoms with E-state index in [-0.39, 0.29) is 11.7 Å². The number of piperidine rings is 1. The Morgan fingerprint density at radius 1 is 1.47 bits per heavy atom. The molecule has 0 radical (unpaired) electrons. The number of nitrogens with zero attached hydrogens (tertiary/aromatic N) is 2. The number of hydrogen-bond acceptors (Lipinski definition) is 4. The van der Waals surface area contributed by atoms with E-state index in [1.54, 1.807) is 7.11 Å². The lowest BCUT2D eigenvalue weighted by atomic mass is 9.88. The van der Waals surface area contributed by atoms with Crippen molar-refractivity contribution >= 4 is 5.71 Å². The molecule has 0 aliphatic carbocycles. The van der Waals surface area contributed by atoms with Crippen molar-refractivity contribution in [2.75, 3.05) is 27.2 Å². The quantitative estimate of drug-likeness (QED) is 0.614. The normalized spacial score (nSPS) is 33.8. The molecule has 2 heterocycles. The highest BCUT2D eigenvalue weighted by atomic mass is 16.6. The number of rotatable bonds is 1. The Kier molecular flexibility index (Phi) is 2.98. The Bertz CT molecular complexity index is 257. The molecule has 0 N–H and O–H groups in total. The summed E-state index contributed by atoms with van der Waals surface area (Å²) in [6.45, 7) is 4.30. The molecule has 1 spiro atoms. The van der Waals surface area contributed by atoms with Crippen LogP contribution in [0.2, 0.25) is 0 Å². The van der Waals surface area contributed by atoms with Gasteiger partial charge >= 0.3 is 0 Å². The van der Waals surface area contributed by atoms with Crippen LogP contribution >= 0.6 is 0 Å². The Labute approximate surface area is 91.2 Å². The molecule has 0 aromatic heterocycles. The Morgan fingerprint density at radius 3 is 2.73 bits per heavy atom. The fourth-order valence-electron chi connectivity index (χ4n) is 2.50. The van der Waals surface area contributed by atoms with Gasteiger partial charge in [0, 0.05) is 19.5 Å². The summed E-state index contributed by atoms with van der Waals surface area (Å²) in [6, 6.07) is 0. The first-order valence-electron chi connectivity index (χ1n) is 5.61. The molecule has 86 valence electrons. The van der Waals surface area contributed by atoms with Crippen LogP contribution in [0.3, 0.4) is 0 Å². The van der Waals surface area contributed by atoms with Crippen LogP contribution in [0.4, 0.5) is 0 Å². The first kappa shape index (κ1) is 10.9. The van der Waals surface area contributed by atoms with Gasteiger partial charge in [-0.2, -0.15) is 0 Å². The zero-order chi connectivity index (χ0) is 10.9. The van der Waals surface area contributed by atoms with E-state index in [0.717, 1.165) is 38.1 Å². The third kappa shape index (κ3) is 2.16. The number of oxime groups is 1. The largest absolute Gasteiger partial charge is 0.399 e. The van der Waals surface area contributed by atoms with Gasteiger partial charge < -0.3 is 14.5 Å². The molecule has 4 heteroatoms. The molecule has 2 rings (SSSR count). The molecule has 0 bridgehead atoms. The molecule has 0 saturated carbocycles. The summed E-state index contributed by atoms with van der Waals surface area (Å²) >= 11 is 0. The minimum absolute atomic E-state index is 0.0449. The second-order valence-corrected chi connectivity index (χ2v) is 4.69. The maximum atomic E-state index is 6.07. The standard InChI is InChI=1S/C11H20N2O2/c1-9-10(12-14-3)8-11(15-9)4-6-13(2)7-5-11/h9H,4-8H2,1-3H3/b12-10-. The monoisotopic (exact) mass is 212 g/mol. The van der Waals surface area contributed by atoms with Crippen molar-refractivity contribution in [3.05, 3.63) is 0 Å². The van der Waals surface area contributed by atoms with Gasteiger partial charge in [-0.1, -0.05) is 5.16 Å². The lowest BCUT2D eigenvalue weighted by Gasteiger charge is -2.36. The first-order valence-corrected chi connectivity index (χ1v) is 5.61. The van der Waals surface area contributed by atoms with Crippen molar-refractivity contribution in [3.63, 3.8) is 0 Å². The van der Waals surface area contributed by atoms with Crippen LogP contribution in [0.5, 0.6) is 0 Å². The minimum Gasteiger partial charge on any atom is -0.399 e. The Hall–Kier alpha value is -0.610. The SMILES string of the molecule is CO/N=C1/CC2(CCN(C)CC2)OC1C. The van der Waals surface area contributed by atoms with E-state index in [9.17, 15) is 0 Å². The topological polar surface area (TPSA) is 34.1 Å². The molecule has 0 amide bonds. The molecule has 0 aromatic rings. The van der Waals surface area contributed by atoms with Crippen LogP contribution in [0.15, 0.2) is 5.16 Å². The second-order valence-electron chi connectivity index (χ2n) is 4.69. The highest BCUT2D eigenvalue weighted by Crippen LogP contribution is 2.37. The van der Waals surface area contributed by atoms with E-state index in [4.69, 9.17) is 9.57 Å². The molecule has 2 aliphatic rings. The molecule has 2 saturated heterocycles. The molecule has 2 aliphatic heterocycles. The highest BCUT2D eigenvalue weighted by Gasteiger charge is 2.44. The van der Waals surface area contributed by atoms with Gasteiger partial charge in [-0.3, -0.25) is 0 Å². The molecular formula is C11H20N2O2. The summed E-state index contributed by atoms with van der Waals surface area (Å²) in [6.07, 6.45) is 3.27. The Morgan fingerprint density at radius 2 is 2.13 bits per heavy atom. The summed E-state index contributed by atoms with van der Waals surface area (Å²) in [5.41, 5.74) is 1.10. The lowest BCUT2D eigenvalue weighted by Crippen LogP contribution is -2.42. The average Bonchev–Trinajstić information content (AvgIpc) is 2.50. The van der Waals surface area contributed by atoms with Crippen LogP contribution in [0.25, 0.3) is 0 Å². The van der Waals surface area contributed by atoms with Crippen molar-refractivity contribution in [1.82, 2.24) is 4.90 Å². The van der Waals surface area contributed by atoms with E-state index in [2.05, 4.69) is 24.0 Å². The summed E-state index contributed by atoms with van der Waals surface area (Å²) in [7, 11) is 3.76. The van der Waals surface area contributed by atoms with E-state index >= 15 is 0 Å². The van der Waals surface area contributed by atoms with Crippen LogP contribution in [-0.4, -0.2) is 49.6 Å². The van der Waals surface area contributed by atoms with Gasteiger partial charge in [0.25, 0.3) is 0 Å². The Balaban J connectivity index is 2.04. The second kappa shape index (κ2) is 4.10. The number of ether oxygens (including phenoxy) is 1. The highest BCUT2D eigenvalue weighted by molar-refractivity contribution is 5.90. The fourth-order valence-corrected chi connectivity index (χ4v) is 2.50. The van der Waals surface area contributed by atoms with Gasteiger partial charge in [0.05, 0.1) is 17.4 Å². The number of hydrogen-bond donors (Lipinski definition) is 0. The van der Waals surface area contributed by atoms with Gasteiger partial charge in [-0.15, -0.1) is 0 Å². The maximum Gasteiger partial charge on any atom is 0.106 e. The first-order chi connectivity index (χ1) is 7.15. The van der Waals surface area contributed by atoms with Gasteiger partial charge in [-0.25, -0.2) is 0 Å². The van der Waals surface area contributed by atoms with Gasteiger partial charge in [0.2, 0.25) is 0 Å². The predicted molar refractivity (Wildman–Crippen MR) is 59.1 cm³/mol. The lowest BCUT2D eigenvalue weighted by molar-refractivity contribution is -0.0657. The van der Waals surface area contributed by atoms with E-state index in [1.807, 2.05) is 0 Å². The van der Waals surface area contributed by atoms with Crippen molar-refractivity contribution in [3.8, 4) is 0 Å². The summed E-state index contributed by atoms with van der Waals surface area (Å²) in [5, 5.41) is 4.05. The smallest absolute Gasteiger partial charge is 0.106 e. The third-order valence-corrected chi connectivity index (χ3v) is 3.51. The molecule has 2 fully saturated rings. The van der Waals surface area contributed by atoms with E-state index in [1.165, 1.54) is 0 Å². The van der Waals surface area contributed by atoms with Crippen LogP contribution in [-0.2, 0) is 9.57 Å². The van der Waals surface area contributed by atoms with Gasteiger partial charge in [-0.05, 0) is 26.8 Å². The average molecular weight is 212 g/mol. The maximum absolute atomic E-state index is 6.07. The van der Waals surface area contributed by atoms with Gasteiger partial charge in [0.15, 0.2) is 0 Å². The molecule has 1 unspecified atom stereocenters. The summed E-state index contributed by atoms with van der Waals surface area (Å²) < 4.78 is 6.07. The van der Waals surface area contributed by atoms with Crippen molar-refractivity contribution in [1.29, 1.82) is 0 Å². The molecular weight excluding hydrogens is 192 g/mol. The zero-order valence-electron chi connectivity index (χ0n) is 9.82. The van der Waals surface area contributed by atoms with Crippen LogP contribution < -0.4 is 0 Å². The van der Waals surface area contributed by atoms with Gasteiger partial charge in [0.1, 0.15) is 7.11 Å². The molecule has 0 aromatic carbocycles. The predicted octanol–water partition coefficient (Wildman–Crippen LogP) is 1.26. The van der Waals surface area contributed by atoms with E-state index < -0.39 is 0 Å². The molecule has 4 nitrogen and oxygen atoms in total. The summed E-state index contributed by atoms with van der Waals surface area (Å²) in [4.78, 5) is 7.20. The van der Waals surface area contributed by atoms with E-state index in [0.29, 0.717) is 0 Å². The van der Waals surface area contributed by atoms with Crippen molar-refractivity contribution in [2.24, 2.45) is 5.16 Å². The zero-order valence-corrected chi connectivity index (χ0v) is 9.82. The molecule has 1 atom stereocenters.